The number of aromatic nitrogens is 2. The van der Waals surface area contributed by atoms with Crippen LogP contribution in [-0.2, 0) is 11.3 Å². The van der Waals surface area contributed by atoms with Gasteiger partial charge in [0.1, 0.15) is 12.3 Å². The first-order valence-electron chi connectivity index (χ1n) is 11.8. The molecule has 0 spiro atoms. The fourth-order valence-electron chi connectivity index (χ4n) is 4.32. The minimum atomic E-state index is -2.94. The lowest BCUT2D eigenvalue weighted by Gasteiger charge is -2.11. The number of benzene rings is 4. The second-order valence-electron chi connectivity index (χ2n) is 8.68. The van der Waals surface area contributed by atoms with Crippen molar-refractivity contribution in [2.45, 2.75) is 20.0 Å². The van der Waals surface area contributed by atoms with E-state index in [2.05, 4.69) is 5.10 Å². The molecule has 0 unspecified atom stereocenters. The first-order chi connectivity index (χ1) is 18.3. The summed E-state index contributed by atoms with van der Waals surface area (Å²) in [4.78, 5) is 26.2. The van der Waals surface area contributed by atoms with Crippen LogP contribution < -0.4 is 0 Å². The van der Waals surface area contributed by atoms with Gasteiger partial charge in [0.2, 0.25) is 0 Å². The molecular formula is C30H21ClF2N2O3. The summed E-state index contributed by atoms with van der Waals surface area (Å²) in [6, 6.07) is 25.2. The molecule has 0 saturated heterocycles. The Morgan fingerprint density at radius 2 is 1.68 bits per heavy atom. The average Bonchev–Trinajstić information content (AvgIpc) is 3.31. The van der Waals surface area contributed by atoms with Gasteiger partial charge in [-0.15, -0.1) is 0 Å². The Bertz CT molecular complexity index is 1650. The summed E-state index contributed by atoms with van der Waals surface area (Å²) >= 11 is 6.33. The van der Waals surface area contributed by atoms with E-state index in [1.807, 2.05) is 6.07 Å². The average molecular weight is 531 g/mol. The van der Waals surface area contributed by atoms with Crippen LogP contribution in [0.5, 0.6) is 0 Å². The smallest absolute Gasteiger partial charge is 0.338 e. The third-order valence-electron chi connectivity index (χ3n) is 6.21. The summed E-state index contributed by atoms with van der Waals surface area (Å²) in [7, 11) is 0. The van der Waals surface area contributed by atoms with E-state index in [4.69, 9.17) is 16.3 Å². The molecule has 0 atom stereocenters. The van der Waals surface area contributed by atoms with E-state index in [-0.39, 0.29) is 17.2 Å². The molecule has 1 heterocycles. The van der Waals surface area contributed by atoms with Crippen LogP contribution in [-0.4, -0.2) is 21.7 Å². The highest BCUT2D eigenvalue weighted by molar-refractivity contribution is 6.34. The highest BCUT2D eigenvalue weighted by Crippen LogP contribution is 2.34. The maximum absolute atomic E-state index is 14.1. The van der Waals surface area contributed by atoms with Gasteiger partial charge in [-0.3, -0.25) is 4.79 Å². The number of halogens is 3. The molecule has 0 aliphatic rings. The summed E-state index contributed by atoms with van der Waals surface area (Å²) in [5.41, 5.74) is 2.17. The van der Waals surface area contributed by atoms with Crippen LogP contribution in [0.15, 0.2) is 91.0 Å². The molecule has 0 aliphatic heterocycles. The molecule has 0 radical (unpaired) electrons. The molecule has 190 valence electrons. The second kappa shape index (κ2) is 10.6. The standard InChI is InChI=1S/C30H21ClF2N2O3/c1-18-8-7-12-24(31)26(18)29(36)35-25-13-6-5-11-22(25)27(34-35)20-14-15-21(23(16-20)28(32)33)30(37)38-17-19-9-3-2-4-10-19/h2-16,28H,17H2,1H3. The van der Waals surface area contributed by atoms with Crippen molar-refractivity contribution in [1.82, 2.24) is 9.78 Å². The highest BCUT2D eigenvalue weighted by atomic mass is 35.5. The van der Waals surface area contributed by atoms with Gasteiger partial charge >= 0.3 is 5.97 Å². The van der Waals surface area contributed by atoms with E-state index in [1.54, 1.807) is 73.7 Å². The molecule has 0 aliphatic carbocycles. The molecule has 38 heavy (non-hydrogen) atoms. The van der Waals surface area contributed by atoms with Gasteiger partial charge in [-0.1, -0.05) is 78.3 Å². The zero-order valence-electron chi connectivity index (χ0n) is 20.2. The van der Waals surface area contributed by atoms with E-state index in [9.17, 15) is 18.4 Å². The van der Waals surface area contributed by atoms with Crippen molar-refractivity contribution < 1.29 is 23.1 Å². The third-order valence-corrected chi connectivity index (χ3v) is 6.52. The fourth-order valence-corrected chi connectivity index (χ4v) is 4.62. The highest BCUT2D eigenvalue weighted by Gasteiger charge is 2.24. The number of hydrogen-bond donors (Lipinski definition) is 0. The van der Waals surface area contributed by atoms with Crippen LogP contribution in [0.25, 0.3) is 22.2 Å². The third kappa shape index (κ3) is 4.80. The molecule has 4 aromatic carbocycles. The van der Waals surface area contributed by atoms with E-state index >= 15 is 0 Å². The van der Waals surface area contributed by atoms with E-state index < -0.39 is 23.9 Å². The number of para-hydroxylation sites is 1. The number of carbonyl (C=O) groups excluding carboxylic acids is 2. The Kier molecular flexibility index (Phi) is 7.03. The lowest BCUT2D eigenvalue weighted by molar-refractivity contribution is 0.0462. The summed E-state index contributed by atoms with van der Waals surface area (Å²) in [6.45, 7) is 1.74. The van der Waals surface area contributed by atoms with Gasteiger partial charge in [0.05, 0.1) is 21.7 Å². The number of ether oxygens (including phenoxy) is 1. The zero-order valence-corrected chi connectivity index (χ0v) is 21.0. The van der Waals surface area contributed by atoms with Gasteiger partial charge in [0.15, 0.2) is 0 Å². The van der Waals surface area contributed by atoms with Crippen molar-refractivity contribution in [3.63, 3.8) is 0 Å². The Hall–Kier alpha value is -4.36. The number of aryl methyl sites for hydroxylation is 1. The molecule has 1 aromatic heterocycles. The lowest BCUT2D eigenvalue weighted by Crippen LogP contribution is -2.15. The van der Waals surface area contributed by atoms with Crippen LogP contribution in [0.1, 0.15) is 43.8 Å². The second-order valence-corrected chi connectivity index (χ2v) is 9.09. The van der Waals surface area contributed by atoms with Crippen molar-refractivity contribution in [2.24, 2.45) is 0 Å². The monoisotopic (exact) mass is 530 g/mol. The number of esters is 1. The Labute approximate surface area is 222 Å². The molecule has 0 amide bonds. The number of fused-ring (bicyclic) bond motifs is 1. The molecule has 8 heteroatoms. The normalized spacial score (nSPS) is 11.2. The van der Waals surface area contributed by atoms with E-state index in [1.165, 1.54) is 22.9 Å². The molecular weight excluding hydrogens is 510 g/mol. The van der Waals surface area contributed by atoms with Crippen LogP contribution >= 0.6 is 11.6 Å². The molecule has 5 aromatic rings. The largest absolute Gasteiger partial charge is 0.457 e. The zero-order chi connectivity index (χ0) is 26.8. The summed E-state index contributed by atoms with van der Waals surface area (Å²) in [5.74, 6) is -1.29. The van der Waals surface area contributed by atoms with Gasteiger partial charge in [0, 0.05) is 16.5 Å². The SMILES string of the molecule is Cc1cccc(Cl)c1C(=O)n1nc(-c2ccc(C(=O)OCc3ccccc3)c(C(F)F)c2)c2ccccc21. The van der Waals surface area contributed by atoms with Gasteiger partial charge in [0.25, 0.3) is 12.3 Å². The number of alkyl halides is 2. The maximum Gasteiger partial charge on any atom is 0.338 e. The van der Waals surface area contributed by atoms with Crippen LogP contribution in [0.3, 0.4) is 0 Å². The van der Waals surface area contributed by atoms with Crippen LogP contribution in [0.4, 0.5) is 8.78 Å². The van der Waals surface area contributed by atoms with Gasteiger partial charge in [-0.05, 0) is 42.3 Å². The van der Waals surface area contributed by atoms with Crippen molar-refractivity contribution in [3.05, 3.63) is 124 Å². The summed E-state index contributed by atoms with van der Waals surface area (Å²) in [5, 5.41) is 5.39. The number of hydrogen-bond acceptors (Lipinski definition) is 4. The number of rotatable bonds is 6. The quantitative estimate of drug-likeness (QED) is 0.212. The topological polar surface area (TPSA) is 61.2 Å². The maximum atomic E-state index is 14.1. The first kappa shape index (κ1) is 25.3. The van der Waals surface area contributed by atoms with E-state index in [0.29, 0.717) is 33.3 Å². The predicted octanol–water partition coefficient (Wildman–Crippen LogP) is 7.65. The van der Waals surface area contributed by atoms with Crippen molar-refractivity contribution >= 4 is 34.4 Å². The molecule has 0 bridgehead atoms. The molecule has 5 nitrogen and oxygen atoms in total. The Morgan fingerprint density at radius 3 is 2.42 bits per heavy atom. The molecule has 0 N–H and O–H groups in total. The molecule has 0 fully saturated rings. The number of carbonyl (C=O) groups is 2. The lowest BCUT2D eigenvalue weighted by atomic mass is 10.0. The van der Waals surface area contributed by atoms with Crippen molar-refractivity contribution in [3.8, 4) is 11.3 Å². The predicted molar refractivity (Wildman–Crippen MR) is 142 cm³/mol. The fraction of sp³-hybridized carbons (Fsp3) is 0.100. The molecule has 0 saturated carbocycles. The van der Waals surface area contributed by atoms with Gasteiger partial charge in [-0.25, -0.2) is 13.6 Å². The van der Waals surface area contributed by atoms with Crippen molar-refractivity contribution in [2.75, 3.05) is 0 Å². The van der Waals surface area contributed by atoms with Crippen LogP contribution in [0, 0.1) is 6.92 Å². The Morgan fingerprint density at radius 1 is 0.947 bits per heavy atom. The minimum Gasteiger partial charge on any atom is -0.457 e. The van der Waals surface area contributed by atoms with Gasteiger partial charge < -0.3 is 4.74 Å². The first-order valence-corrected chi connectivity index (χ1v) is 12.1. The Balaban J connectivity index is 1.55. The number of nitrogens with zero attached hydrogens (tertiary/aromatic N) is 2. The summed E-state index contributed by atoms with van der Waals surface area (Å²) in [6.07, 6.45) is -2.94. The minimum absolute atomic E-state index is 0.0390. The van der Waals surface area contributed by atoms with Crippen molar-refractivity contribution in [1.29, 1.82) is 0 Å². The van der Waals surface area contributed by atoms with Gasteiger partial charge in [-0.2, -0.15) is 9.78 Å². The summed E-state index contributed by atoms with van der Waals surface area (Å²) < 4.78 is 34.7. The van der Waals surface area contributed by atoms with Crippen LogP contribution in [0.2, 0.25) is 5.02 Å². The van der Waals surface area contributed by atoms with E-state index in [0.717, 1.165) is 5.56 Å². The molecule has 5 rings (SSSR count).